The lowest BCUT2D eigenvalue weighted by Gasteiger charge is -2.19. The summed E-state index contributed by atoms with van der Waals surface area (Å²) < 4.78 is 5.70. The van der Waals surface area contributed by atoms with Crippen LogP contribution in [0.4, 0.5) is 5.69 Å². The van der Waals surface area contributed by atoms with Crippen molar-refractivity contribution in [3.8, 4) is 11.5 Å². The van der Waals surface area contributed by atoms with Crippen LogP contribution >= 0.6 is 0 Å². The van der Waals surface area contributed by atoms with E-state index in [-0.39, 0.29) is 17.9 Å². The monoisotopic (exact) mass is 285 g/mol. The first-order chi connectivity index (χ1) is 9.95. The van der Waals surface area contributed by atoms with Gasteiger partial charge in [0.1, 0.15) is 11.5 Å². The minimum atomic E-state index is 0.168. The summed E-state index contributed by atoms with van der Waals surface area (Å²) >= 11 is 0. The fourth-order valence-corrected chi connectivity index (χ4v) is 2.22. The van der Waals surface area contributed by atoms with E-state index in [2.05, 4.69) is 19.2 Å². The molecule has 2 aromatic rings. The third-order valence-electron chi connectivity index (χ3n) is 3.33. The molecular weight excluding hydrogens is 262 g/mol. The fraction of sp³-hybridized carbons (Fsp3) is 0.333. The Morgan fingerprint density at radius 1 is 1.00 bits per heavy atom. The largest absolute Gasteiger partial charge is 0.508 e. The molecule has 0 saturated carbocycles. The summed E-state index contributed by atoms with van der Waals surface area (Å²) in [5, 5.41) is 12.8. The molecule has 0 fully saturated rings. The lowest BCUT2D eigenvalue weighted by molar-refractivity contribution is 0.242. The first-order valence-electron chi connectivity index (χ1n) is 7.28. The highest BCUT2D eigenvalue weighted by molar-refractivity contribution is 5.55. The summed E-state index contributed by atoms with van der Waals surface area (Å²) in [6.45, 7) is 8.21. The molecule has 0 amide bonds. The van der Waals surface area contributed by atoms with E-state index in [9.17, 15) is 5.11 Å². The number of ether oxygens (including phenoxy) is 1. The molecule has 0 spiro atoms. The maximum Gasteiger partial charge on any atom is 0.120 e. The van der Waals surface area contributed by atoms with Crippen LogP contribution in [0.3, 0.4) is 0 Å². The number of phenols is 1. The summed E-state index contributed by atoms with van der Waals surface area (Å²) in [6.07, 6.45) is 0.180. The van der Waals surface area contributed by atoms with Gasteiger partial charge < -0.3 is 15.2 Å². The Balaban J connectivity index is 2.10. The van der Waals surface area contributed by atoms with Gasteiger partial charge in [0.15, 0.2) is 0 Å². The van der Waals surface area contributed by atoms with Gasteiger partial charge in [-0.25, -0.2) is 0 Å². The quantitative estimate of drug-likeness (QED) is 0.839. The molecule has 1 atom stereocenters. The minimum absolute atomic E-state index is 0.168. The molecule has 2 aromatic carbocycles. The van der Waals surface area contributed by atoms with Crippen LogP contribution in [0.15, 0.2) is 42.5 Å². The maximum atomic E-state index is 9.34. The standard InChI is InChI=1S/C18H23NO2/c1-12(2)21-17-9-10-18(13(3)11-17)19-14(4)15-5-7-16(20)8-6-15/h5-12,14,19-20H,1-4H3. The number of rotatable bonds is 5. The number of aryl methyl sites for hydroxylation is 1. The number of benzene rings is 2. The summed E-state index contributed by atoms with van der Waals surface area (Å²) in [4.78, 5) is 0. The Labute approximate surface area is 126 Å². The lowest BCUT2D eigenvalue weighted by atomic mass is 10.1. The number of phenolic OH excluding ortho intramolecular Hbond substituents is 1. The second-order valence-corrected chi connectivity index (χ2v) is 5.60. The van der Waals surface area contributed by atoms with Crippen LogP contribution in [0, 0.1) is 6.92 Å². The van der Waals surface area contributed by atoms with Gasteiger partial charge in [0, 0.05) is 11.7 Å². The Morgan fingerprint density at radius 2 is 1.67 bits per heavy atom. The smallest absolute Gasteiger partial charge is 0.120 e. The molecular formula is C18H23NO2. The average molecular weight is 285 g/mol. The molecule has 0 aliphatic rings. The number of anilines is 1. The average Bonchev–Trinajstić information content (AvgIpc) is 2.42. The molecule has 21 heavy (non-hydrogen) atoms. The van der Waals surface area contributed by atoms with Crippen molar-refractivity contribution in [1.82, 2.24) is 0 Å². The predicted molar refractivity (Wildman–Crippen MR) is 87.1 cm³/mol. The molecule has 0 aliphatic carbocycles. The highest BCUT2D eigenvalue weighted by Gasteiger charge is 2.08. The zero-order valence-electron chi connectivity index (χ0n) is 13.1. The Kier molecular flexibility index (Phi) is 4.73. The van der Waals surface area contributed by atoms with Gasteiger partial charge in [0.25, 0.3) is 0 Å². The zero-order chi connectivity index (χ0) is 15.4. The molecule has 0 aliphatic heterocycles. The van der Waals surface area contributed by atoms with Crippen LogP contribution in [0.25, 0.3) is 0 Å². The molecule has 0 saturated heterocycles. The van der Waals surface area contributed by atoms with Crippen LogP contribution < -0.4 is 10.1 Å². The van der Waals surface area contributed by atoms with Crippen LogP contribution in [0.2, 0.25) is 0 Å². The fourth-order valence-electron chi connectivity index (χ4n) is 2.22. The topological polar surface area (TPSA) is 41.5 Å². The van der Waals surface area contributed by atoms with Crippen LogP contribution in [-0.4, -0.2) is 11.2 Å². The summed E-state index contributed by atoms with van der Waals surface area (Å²) in [5.41, 5.74) is 3.38. The maximum absolute atomic E-state index is 9.34. The van der Waals surface area contributed by atoms with E-state index in [1.165, 1.54) is 0 Å². The van der Waals surface area contributed by atoms with Gasteiger partial charge in [0.2, 0.25) is 0 Å². The van der Waals surface area contributed by atoms with Crippen molar-refractivity contribution < 1.29 is 9.84 Å². The first-order valence-corrected chi connectivity index (χ1v) is 7.28. The Hall–Kier alpha value is -2.16. The summed E-state index contributed by atoms with van der Waals surface area (Å²) in [6, 6.07) is 13.5. The van der Waals surface area contributed by atoms with Gasteiger partial charge in [-0.1, -0.05) is 12.1 Å². The van der Waals surface area contributed by atoms with Gasteiger partial charge in [-0.3, -0.25) is 0 Å². The van der Waals surface area contributed by atoms with E-state index < -0.39 is 0 Å². The van der Waals surface area contributed by atoms with Gasteiger partial charge in [-0.2, -0.15) is 0 Å². The molecule has 0 aromatic heterocycles. The van der Waals surface area contributed by atoms with Gasteiger partial charge in [-0.15, -0.1) is 0 Å². The number of nitrogens with one attached hydrogen (secondary N) is 1. The van der Waals surface area contributed by atoms with Crippen molar-refractivity contribution in [2.45, 2.75) is 39.8 Å². The molecule has 0 bridgehead atoms. The molecule has 0 heterocycles. The first kappa shape index (κ1) is 15.2. The molecule has 3 nitrogen and oxygen atoms in total. The minimum Gasteiger partial charge on any atom is -0.508 e. The number of hydrogen-bond acceptors (Lipinski definition) is 3. The number of hydrogen-bond donors (Lipinski definition) is 2. The van der Waals surface area contributed by atoms with Crippen molar-refractivity contribution >= 4 is 5.69 Å². The van der Waals surface area contributed by atoms with Crippen molar-refractivity contribution in [3.05, 3.63) is 53.6 Å². The molecule has 2 rings (SSSR count). The van der Waals surface area contributed by atoms with Crippen molar-refractivity contribution in [2.24, 2.45) is 0 Å². The Morgan fingerprint density at radius 3 is 2.24 bits per heavy atom. The van der Waals surface area contributed by atoms with Crippen molar-refractivity contribution in [2.75, 3.05) is 5.32 Å². The lowest BCUT2D eigenvalue weighted by Crippen LogP contribution is -2.09. The van der Waals surface area contributed by atoms with Crippen LogP contribution in [-0.2, 0) is 0 Å². The second-order valence-electron chi connectivity index (χ2n) is 5.60. The van der Waals surface area contributed by atoms with E-state index in [0.717, 1.165) is 22.6 Å². The highest BCUT2D eigenvalue weighted by atomic mass is 16.5. The summed E-state index contributed by atoms with van der Waals surface area (Å²) in [5.74, 6) is 1.18. The second kappa shape index (κ2) is 6.53. The highest BCUT2D eigenvalue weighted by Crippen LogP contribution is 2.26. The summed E-state index contributed by atoms with van der Waals surface area (Å²) in [7, 11) is 0. The SMILES string of the molecule is Cc1cc(OC(C)C)ccc1NC(C)c1ccc(O)cc1. The van der Waals surface area contributed by atoms with Crippen LogP contribution in [0.1, 0.15) is 37.9 Å². The van der Waals surface area contributed by atoms with Gasteiger partial charge in [-0.05, 0) is 69.2 Å². The molecule has 2 N–H and O–H groups in total. The molecule has 112 valence electrons. The van der Waals surface area contributed by atoms with E-state index >= 15 is 0 Å². The van der Waals surface area contributed by atoms with E-state index in [1.54, 1.807) is 12.1 Å². The molecule has 0 radical (unpaired) electrons. The van der Waals surface area contributed by atoms with Crippen molar-refractivity contribution in [1.29, 1.82) is 0 Å². The van der Waals surface area contributed by atoms with Gasteiger partial charge in [0.05, 0.1) is 6.10 Å². The van der Waals surface area contributed by atoms with E-state index in [4.69, 9.17) is 4.74 Å². The van der Waals surface area contributed by atoms with Crippen LogP contribution in [0.5, 0.6) is 11.5 Å². The molecule has 3 heteroatoms. The molecule has 1 unspecified atom stereocenters. The Bertz CT molecular complexity index is 591. The van der Waals surface area contributed by atoms with E-state index in [1.807, 2.05) is 44.2 Å². The zero-order valence-corrected chi connectivity index (χ0v) is 13.1. The third-order valence-corrected chi connectivity index (χ3v) is 3.33. The van der Waals surface area contributed by atoms with Gasteiger partial charge >= 0.3 is 0 Å². The normalized spacial score (nSPS) is 12.2. The predicted octanol–water partition coefficient (Wildman–Crippen LogP) is 4.66. The van der Waals surface area contributed by atoms with Crippen molar-refractivity contribution in [3.63, 3.8) is 0 Å². The third kappa shape index (κ3) is 4.15. The number of aromatic hydroxyl groups is 1. The van der Waals surface area contributed by atoms with E-state index in [0.29, 0.717) is 0 Å².